The van der Waals surface area contributed by atoms with Gasteiger partial charge in [0.15, 0.2) is 0 Å². The summed E-state index contributed by atoms with van der Waals surface area (Å²) in [7, 11) is 0. The Morgan fingerprint density at radius 2 is 0.737 bits per heavy atom. The van der Waals surface area contributed by atoms with E-state index in [0.29, 0.717) is 0 Å². The van der Waals surface area contributed by atoms with Crippen molar-refractivity contribution in [3.05, 3.63) is 224 Å². The molecule has 57 heavy (non-hydrogen) atoms. The molecular weight excluding hydrogens is 687 g/mol. The zero-order chi connectivity index (χ0) is 37.7. The van der Waals surface area contributed by atoms with Crippen molar-refractivity contribution in [3.63, 3.8) is 0 Å². The van der Waals surface area contributed by atoms with Crippen molar-refractivity contribution >= 4 is 70.9 Å². The van der Waals surface area contributed by atoms with Crippen LogP contribution < -0.4 is 4.90 Å². The molecule has 11 aromatic rings. The van der Waals surface area contributed by atoms with Gasteiger partial charge in [-0.15, -0.1) is 0 Å². The van der Waals surface area contributed by atoms with E-state index in [4.69, 9.17) is 0 Å². The van der Waals surface area contributed by atoms with Crippen LogP contribution in [-0.4, -0.2) is 0 Å². The molecule has 0 aliphatic heterocycles. The van der Waals surface area contributed by atoms with Gasteiger partial charge >= 0.3 is 0 Å². The monoisotopic (exact) mass is 723 g/mol. The molecule has 0 amide bonds. The number of nitrogens with zero attached hydrogens (tertiary/aromatic N) is 1. The van der Waals surface area contributed by atoms with E-state index in [1.807, 2.05) is 0 Å². The average Bonchev–Trinajstić information content (AvgIpc) is 3.29. The fourth-order valence-electron chi connectivity index (χ4n) is 9.12. The van der Waals surface area contributed by atoms with Gasteiger partial charge in [0.1, 0.15) is 0 Å². The van der Waals surface area contributed by atoms with Crippen LogP contribution in [0.4, 0.5) is 17.1 Å². The first kappa shape index (κ1) is 32.9. The topological polar surface area (TPSA) is 3.24 Å². The normalized spacial score (nSPS) is 11.5. The highest BCUT2D eigenvalue weighted by Crippen LogP contribution is 2.51. The molecule has 266 valence electrons. The molecule has 0 aliphatic rings. The molecule has 0 spiro atoms. The SMILES string of the molecule is c1ccc(-c2cc(-c3cc4ccccc4c4ccccc34)c(-c3ccccc3)c3c4ccc(N(c5ccccc5)c5ccccc5)cc4c4ccccc4c23)cc1. The second-order valence-corrected chi connectivity index (χ2v) is 14.8. The molecule has 0 saturated heterocycles. The fraction of sp³-hybridized carbons (Fsp3) is 0. The van der Waals surface area contributed by atoms with Crippen LogP contribution in [0.2, 0.25) is 0 Å². The highest BCUT2D eigenvalue weighted by molar-refractivity contribution is 6.34. The predicted molar refractivity (Wildman–Crippen MR) is 245 cm³/mol. The average molecular weight is 724 g/mol. The molecular formula is C56H37N. The maximum Gasteiger partial charge on any atom is 0.0468 e. The summed E-state index contributed by atoms with van der Waals surface area (Å²) in [5.74, 6) is 0. The number of anilines is 3. The first-order valence-electron chi connectivity index (χ1n) is 19.7. The van der Waals surface area contributed by atoms with Crippen molar-refractivity contribution in [1.29, 1.82) is 0 Å². The fourth-order valence-corrected chi connectivity index (χ4v) is 9.12. The minimum Gasteiger partial charge on any atom is -0.310 e. The van der Waals surface area contributed by atoms with E-state index in [0.717, 1.165) is 17.1 Å². The van der Waals surface area contributed by atoms with Gasteiger partial charge in [-0.3, -0.25) is 0 Å². The molecule has 0 saturated carbocycles. The van der Waals surface area contributed by atoms with E-state index < -0.39 is 0 Å². The van der Waals surface area contributed by atoms with Crippen LogP contribution in [0.3, 0.4) is 0 Å². The van der Waals surface area contributed by atoms with E-state index in [2.05, 4.69) is 229 Å². The third-order valence-corrected chi connectivity index (χ3v) is 11.6. The van der Waals surface area contributed by atoms with Gasteiger partial charge in [0.05, 0.1) is 0 Å². The molecule has 0 aliphatic carbocycles. The maximum absolute atomic E-state index is 2.48. The second kappa shape index (κ2) is 13.7. The Hall–Kier alpha value is -7.48. The lowest BCUT2D eigenvalue weighted by molar-refractivity contribution is 1.29. The smallest absolute Gasteiger partial charge is 0.0468 e. The Bertz CT molecular complexity index is 3220. The van der Waals surface area contributed by atoms with Gasteiger partial charge in [-0.05, 0) is 136 Å². The van der Waals surface area contributed by atoms with Crippen molar-refractivity contribution in [2.75, 3.05) is 4.90 Å². The lowest BCUT2D eigenvalue weighted by atomic mass is 9.80. The molecule has 0 fully saturated rings. The van der Waals surface area contributed by atoms with Crippen LogP contribution in [0.25, 0.3) is 87.2 Å². The van der Waals surface area contributed by atoms with E-state index in [-0.39, 0.29) is 0 Å². The van der Waals surface area contributed by atoms with Crippen molar-refractivity contribution in [3.8, 4) is 33.4 Å². The Morgan fingerprint density at radius 1 is 0.246 bits per heavy atom. The summed E-state index contributed by atoms with van der Waals surface area (Å²) >= 11 is 0. The molecule has 0 heterocycles. The van der Waals surface area contributed by atoms with Crippen molar-refractivity contribution in [1.82, 2.24) is 0 Å². The van der Waals surface area contributed by atoms with E-state index in [1.54, 1.807) is 0 Å². The minimum absolute atomic E-state index is 1.12. The minimum atomic E-state index is 1.12. The lowest BCUT2D eigenvalue weighted by Crippen LogP contribution is -2.09. The molecule has 1 heteroatoms. The molecule has 11 aromatic carbocycles. The number of hydrogen-bond donors (Lipinski definition) is 0. The second-order valence-electron chi connectivity index (χ2n) is 14.8. The molecule has 0 atom stereocenters. The zero-order valence-corrected chi connectivity index (χ0v) is 31.3. The summed E-state index contributed by atoms with van der Waals surface area (Å²) in [4.78, 5) is 2.36. The summed E-state index contributed by atoms with van der Waals surface area (Å²) in [6.07, 6.45) is 0. The molecule has 0 radical (unpaired) electrons. The Morgan fingerprint density at radius 3 is 1.39 bits per heavy atom. The predicted octanol–water partition coefficient (Wildman–Crippen LogP) is 15.9. The maximum atomic E-state index is 2.48. The van der Waals surface area contributed by atoms with Crippen molar-refractivity contribution in [2.24, 2.45) is 0 Å². The van der Waals surface area contributed by atoms with Crippen LogP contribution in [0, 0.1) is 0 Å². The summed E-state index contributed by atoms with van der Waals surface area (Å²) in [5, 5.41) is 12.5. The molecule has 0 unspecified atom stereocenters. The van der Waals surface area contributed by atoms with E-state index >= 15 is 0 Å². The lowest BCUT2D eigenvalue weighted by Gasteiger charge is -2.27. The summed E-state index contributed by atoms with van der Waals surface area (Å²) in [5.41, 5.74) is 10.7. The molecule has 0 bridgehead atoms. The van der Waals surface area contributed by atoms with Gasteiger partial charge in [0.2, 0.25) is 0 Å². The Labute approximate surface area is 332 Å². The first-order chi connectivity index (χ1) is 28.3. The summed E-state index contributed by atoms with van der Waals surface area (Å²) in [6.45, 7) is 0. The highest BCUT2D eigenvalue weighted by atomic mass is 15.1. The van der Waals surface area contributed by atoms with E-state index in [1.165, 1.54) is 87.2 Å². The quantitative estimate of drug-likeness (QED) is 0.154. The molecule has 0 aromatic heterocycles. The van der Waals surface area contributed by atoms with Gasteiger partial charge in [-0.1, -0.05) is 176 Å². The number of fused-ring (bicyclic) bond motifs is 9. The third kappa shape index (κ3) is 5.47. The van der Waals surface area contributed by atoms with Crippen LogP contribution in [0.5, 0.6) is 0 Å². The van der Waals surface area contributed by atoms with Crippen LogP contribution >= 0.6 is 0 Å². The summed E-state index contributed by atoms with van der Waals surface area (Å²) < 4.78 is 0. The van der Waals surface area contributed by atoms with Gasteiger partial charge in [0.25, 0.3) is 0 Å². The van der Waals surface area contributed by atoms with Crippen LogP contribution in [-0.2, 0) is 0 Å². The van der Waals surface area contributed by atoms with Crippen LogP contribution in [0.1, 0.15) is 0 Å². The Kier molecular flexibility index (Phi) is 7.89. The third-order valence-electron chi connectivity index (χ3n) is 11.6. The number of hydrogen-bond acceptors (Lipinski definition) is 1. The molecule has 0 N–H and O–H groups in total. The zero-order valence-electron chi connectivity index (χ0n) is 31.3. The Balaban J connectivity index is 1.34. The number of benzene rings is 11. The molecule has 11 rings (SSSR count). The van der Waals surface area contributed by atoms with Gasteiger partial charge in [-0.25, -0.2) is 0 Å². The molecule has 1 nitrogen and oxygen atoms in total. The highest BCUT2D eigenvalue weighted by Gasteiger charge is 2.24. The van der Waals surface area contributed by atoms with Crippen molar-refractivity contribution in [2.45, 2.75) is 0 Å². The van der Waals surface area contributed by atoms with Crippen LogP contribution in [0.15, 0.2) is 224 Å². The summed E-state index contributed by atoms with van der Waals surface area (Å²) in [6, 6.07) is 82.1. The standard InChI is InChI=1S/C56H37N/c1-5-19-38(20-6-1)50-37-53(51-35-40-23-13-14-28-44(40)45-29-15-16-30-46(45)51)54(39-21-7-2-8-22-39)56-49-34-33-43(36-52(49)47-31-17-18-32-48(47)55(50)56)57(41-24-9-3-10-25-41)42-26-11-4-12-27-42/h1-37H. The largest absolute Gasteiger partial charge is 0.310 e. The van der Waals surface area contributed by atoms with Gasteiger partial charge < -0.3 is 4.90 Å². The van der Waals surface area contributed by atoms with Crippen molar-refractivity contribution < 1.29 is 0 Å². The number of para-hydroxylation sites is 2. The van der Waals surface area contributed by atoms with E-state index in [9.17, 15) is 0 Å². The number of rotatable bonds is 6. The van der Waals surface area contributed by atoms with Gasteiger partial charge in [0, 0.05) is 17.1 Å². The first-order valence-corrected chi connectivity index (χ1v) is 19.7. The van der Waals surface area contributed by atoms with Gasteiger partial charge in [-0.2, -0.15) is 0 Å².